The minimum Gasteiger partial charge on any atom is -0.393 e. The van der Waals surface area contributed by atoms with Crippen molar-refractivity contribution in [1.29, 1.82) is 0 Å². The number of anilines is 2. The van der Waals surface area contributed by atoms with Gasteiger partial charge in [-0.05, 0) is 12.1 Å². The molecule has 14 heavy (non-hydrogen) atoms. The highest BCUT2D eigenvalue weighted by molar-refractivity contribution is 5.89. The summed E-state index contributed by atoms with van der Waals surface area (Å²) in [6.07, 6.45) is 0. The molecule has 0 aliphatic rings. The van der Waals surface area contributed by atoms with Gasteiger partial charge in [-0.25, -0.2) is 0 Å². The summed E-state index contributed by atoms with van der Waals surface area (Å²) in [5.74, 6) is -0.288. The van der Waals surface area contributed by atoms with Gasteiger partial charge in [-0.1, -0.05) is 0 Å². The smallest absolute Gasteiger partial charge is 0.294 e. The molecular weight excluding hydrogens is 186 g/mol. The van der Waals surface area contributed by atoms with Crippen molar-refractivity contribution in [3.05, 3.63) is 28.3 Å². The highest BCUT2D eigenvalue weighted by Gasteiger charge is 2.11. The van der Waals surface area contributed by atoms with Crippen LogP contribution in [0.5, 0.6) is 0 Å². The lowest BCUT2D eigenvalue weighted by Crippen LogP contribution is -2.06. The van der Waals surface area contributed by atoms with E-state index < -0.39 is 4.92 Å². The Hall–Kier alpha value is -2.11. The van der Waals surface area contributed by atoms with E-state index in [1.165, 1.54) is 25.1 Å². The average molecular weight is 195 g/mol. The lowest BCUT2D eigenvalue weighted by molar-refractivity contribution is -0.383. The van der Waals surface area contributed by atoms with Crippen molar-refractivity contribution in [2.75, 3.05) is 11.1 Å². The third-order valence-electron chi connectivity index (χ3n) is 1.55. The van der Waals surface area contributed by atoms with Gasteiger partial charge in [-0.2, -0.15) is 0 Å². The van der Waals surface area contributed by atoms with Crippen molar-refractivity contribution in [2.45, 2.75) is 6.92 Å². The zero-order chi connectivity index (χ0) is 10.7. The predicted octanol–water partition coefficient (Wildman–Crippen LogP) is 1.14. The van der Waals surface area contributed by atoms with Gasteiger partial charge < -0.3 is 11.1 Å². The fourth-order valence-corrected chi connectivity index (χ4v) is 0.983. The number of amides is 1. The molecule has 0 heterocycles. The predicted molar refractivity (Wildman–Crippen MR) is 51.8 cm³/mol. The molecule has 0 aromatic heterocycles. The number of carbonyl (C=O) groups excluding carboxylic acids is 1. The largest absolute Gasteiger partial charge is 0.393 e. The minimum absolute atomic E-state index is 0.0732. The Morgan fingerprint density at radius 3 is 2.71 bits per heavy atom. The van der Waals surface area contributed by atoms with Crippen LogP contribution in [0.1, 0.15) is 6.92 Å². The van der Waals surface area contributed by atoms with E-state index in [0.717, 1.165) is 0 Å². The maximum Gasteiger partial charge on any atom is 0.294 e. The fraction of sp³-hybridized carbons (Fsp3) is 0.125. The number of hydrogen-bond donors (Lipinski definition) is 2. The quantitative estimate of drug-likeness (QED) is 0.420. The van der Waals surface area contributed by atoms with Crippen LogP contribution in [0.4, 0.5) is 17.1 Å². The molecule has 0 aliphatic heterocycles. The third kappa shape index (κ3) is 2.19. The van der Waals surface area contributed by atoms with Crippen LogP contribution in [0.2, 0.25) is 0 Å². The molecular formula is C8H9N3O3. The van der Waals surface area contributed by atoms with Gasteiger partial charge in [-0.3, -0.25) is 14.9 Å². The number of nitrogen functional groups attached to an aromatic ring is 1. The molecule has 3 N–H and O–H groups in total. The van der Waals surface area contributed by atoms with E-state index in [9.17, 15) is 14.9 Å². The van der Waals surface area contributed by atoms with Gasteiger partial charge in [0.05, 0.1) is 4.92 Å². The molecule has 74 valence electrons. The molecule has 1 amide bonds. The van der Waals surface area contributed by atoms with Crippen LogP contribution in [0, 0.1) is 10.1 Å². The summed E-state index contributed by atoms with van der Waals surface area (Å²) >= 11 is 0. The maximum atomic E-state index is 10.7. The van der Waals surface area contributed by atoms with Crippen LogP contribution in [0.25, 0.3) is 0 Å². The second-order valence-electron chi connectivity index (χ2n) is 2.71. The van der Waals surface area contributed by atoms with Crippen molar-refractivity contribution in [3.8, 4) is 0 Å². The number of nitrogens with one attached hydrogen (secondary N) is 1. The highest BCUT2D eigenvalue weighted by Crippen LogP contribution is 2.24. The summed E-state index contributed by atoms with van der Waals surface area (Å²) in [7, 11) is 0. The van der Waals surface area contributed by atoms with E-state index in [4.69, 9.17) is 5.73 Å². The van der Waals surface area contributed by atoms with E-state index in [2.05, 4.69) is 5.32 Å². The Morgan fingerprint density at radius 2 is 2.21 bits per heavy atom. The van der Waals surface area contributed by atoms with Crippen molar-refractivity contribution in [2.24, 2.45) is 0 Å². The first-order chi connectivity index (χ1) is 6.50. The van der Waals surface area contributed by atoms with E-state index in [1.54, 1.807) is 0 Å². The minimum atomic E-state index is -0.597. The Bertz CT molecular complexity index is 389. The van der Waals surface area contributed by atoms with Gasteiger partial charge in [-0.15, -0.1) is 0 Å². The number of rotatable bonds is 2. The Morgan fingerprint density at radius 1 is 1.57 bits per heavy atom. The monoisotopic (exact) mass is 195 g/mol. The molecule has 6 heteroatoms. The molecule has 0 spiro atoms. The van der Waals surface area contributed by atoms with Crippen molar-refractivity contribution in [1.82, 2.24) is 0 Å². The normalized spacial score (nSPS) is 9.50. The highest BCUT2D eigenvalue weighted by atomic mass is 16.6. The lowest BCUT2D eigenvalue weighted by atomic mass is 10.2. The first-order valence-electron chi connectivity index (χ1n) is 3.82. The molecule has 0 saturated carbocycles. The second kappa shape index (κ2) is 3.73. The van der Waals surface area contributed by atoms with Crippen molar-refractivity contribution < 1.29 is 9.72 Å². The van der Waals surface area contributed by atoms with Gasteiger partial charge >= 0.3 is 0 Å². The molecule has 6 nitrogen and oxygen atoms in total. The summed E-state index contributed by atoms with van der Waals surface area (Å²) in [5, 5.41) is 12.9. The summed E-state index contributed by atoms with van der Waals surface area (Å²) < 4.78 is 0. The van der Waals surface area contributed by atoms with Gasteiger partial charge in [0.25, 0.3) is 5.69 Å². The molecule has 0 fully saturated rings. The standard InChI is InChI=1S/C8H9N3O3/c1-5(12)10-6-2-3-7(9)8(4-6)11(13)14/h2-4H,9H2,1H3,(H,10,12). The summed E-state index contributed by atoms with van der Waals surface area (Å²) in [5.41, 5.74) is 5.59. The molecule has 1 rings (SSSR count). The Balaban J connectivity index is 3.06. The number of nitrogens with two attached hydrogens (primary N) is 1. The number of nitro groups is 1. The number of nitrogens with zero attached hydrogens (tertiary/aromatic N) is 1. The number of hydrogen-bond acceptors (Lipinski definition) is 4. The number of nitro benzene ring substituents is 1. The fourth-order valence-electron chi connectivity index (χ4n) is 0.983. The van der Waals surface area contributed by atoms with E-state index in [0.29, 0.717) is 5.69 Å². The molecule has 0 bridgehead atoms. The van der Waals surface area contributed by atoms with Gasteiger partial charge in [0.1, 0.15) is 5.69 Å². The molecule has 1 aromatic carbocycles. The Kier molecular flexibility index (Phi) is 2.66. The molecule has 0 unspecified atom stereocenters. The summed E-state index contributed by atoms with van der Waals surface area (Å²) in [6, 6.07) is 4.10. The van der Waals surface area contributed by atoms with Crippen LogP contribution in [-0.2, 0) is 4.79 Å². The number of carbonyl (C=O) groups is 1. The SMILES string of the molecule is CC(=O)Nc1ccc(N)c([N+](=O)[O-])c1. The van der Waals surface area contributed by atoms with Gasteiger partial charge in [0.15, 0.2) is 0 Å². The van der Waals surface area contributed by atoms with Crippen molar-refractivity contribution in [3.63, 3.8) is 0 Å². The van der Waals surface area contributed by atoms with E-state index in [-0.39, 0.29) is 17.3 Å². The molecule has 1 aromatic rings. The summed E-state index contributed by atoms with van der Waals surface area (Å²) in [6.45, 7) is 1.32. The first kappa shape index (κ1) is 9.97. The van der Waals surface area contributed by atoms with Gasteiger partial charge in [0.2, 0.25) is 5.91 Å². The summed E-state index contributed by atoms with van der Waals surface area (Å²) in [4.78, 5) is 20.5. The van der Waals surface area contributed by atoms with E-state index in [1.807, 2.05) is 0 Å². The van der Waals surface area contributed by atoms with Crippen LogP contribution in [0.15, 0.2) is 18.2 Å². The second-order valence-corrected chi connectivity index (χ2v) is 2.71. The van der Waals surface area contributed by atoms with E-state index >= 15 is 0 Å². The topological polar surface area (TPSA) is 98.3 Å². The van der Waals surface area contributed by atoms with Crippen LogP contribution >= 0.6 is 0 Å². The van der Waals surface area contributed by atoms with Gasteiger partial charge in [0, 0.05) is 18.7 Å². The first-order valence-corrected chi connectivity index (χ1v) is 3.82. The van der Waals surface area contributed by atoms with Crippen LogP contribution in [0.3, 0.4) is 0 Å². The zero-order valence-electron chi connectivity index (χ0n) is 7.48. The Labute approximate surface area is 79.9 Å². The van der Waals surface area contributed by atoms with Crippen molar-refractivity contribution >= 4 is 23.0 Å². The molecule has 0 atom stereocenters. The maximum absolute atomic E-state index is 10.7. The lowest BCUT2D eigenvalue weighted by Gasteiger charge is -2.02. The van der Waals surface area contributed by atoms with Crippen LogP contribution < -0.4 is 11.1 Å². The molecule has 0 aliphatic carbocycles. The number of benzene rings is 1. The molecule has 0 saturated heterocycles. The third-order valence-corrected chi connectivity index (χ3v) is 1.55. The van der Waals surface area contributed by atoms with Crippen LogP contribution in [-0.4, -0.2) is 10.8 Å². The average Bonchev–Trinajstić information content (AvgIpc) is 2.07. The zero-order valence-corrected chi connectivity index (χ0v) is 7.48. The molecule has 0 radical (unpaired) electrons.